The Balaban J connectivity index is 1.18. The van der Waals surface area contributed by atoms with Gasteiger partial charge in [-0.15, -0.1) is 0 Å². The highest BCUT2D eigenvalue weighted by Crippen LogP contribution is 2.47. The maximum Gasteiger partial charge on any atom is 0.163 e. The Bertz CT molecular complexity index is 2840. The summed E-state index contributed by atoms with van der Waals surface area (Å²) in [5.41, 5.74) is 10.6. The zero-order valence-electron chi connectivity index (χ0n) is 28.8. The van der Waals surface area contributed by atoms with Gasteiger partial charge in [0.05, 0.1) is 22.1 Å². The third-order valence-electron chi connectivity index (χ3n) is 11.2. The summed E-state index contributed by atoms with van der Waals surface area (Å²) in [6.07, 6.45) is 4.82. The van der Waals surface area contributed by atoms with Crippen molar-refractivity contribution >= 4 is 49.3 Å². The zero-order chi connectivity index (χ0) is 34.3. The second-order valence-corrected chi connectivity index (χ2v) is 14.4. The van der Waals surface area contributed by atoms with Crippen molar-refractivity contribution in [1.29, 1.82) is 0 Å². The lowest BCUT2D eigenvalue weighted by Crippen LogP contribution is -2.30. The second-order valence-electron chi connectivity index (χ2n) is 14.4. The van der Waals surface area contributed by atoms with Crippen LogP contribution in [0.2, 0.25) is 0 Å². The van der Waals surface area contributed by atoms with Crippen LogP contribution >= 0.6 is 0 Å². The molecule has 11 rings (SSSR count). The minimum atomic E-state index is 0.449. The van der Waals surface area contributed by atoms with Crippen LogP contribution in [0, 0.1) is 5.92 Å². The maximum atomic E-state index is 5.43. The highest BCUT2D eigenvalue weighted by Gasteiger charge is 2.37. The number of hydrogen-bond donors (Lipinski definition) is 0. The third kappa shape index (κ3) is 4.55. The fraction of sp³-hybridized carbons (Fsp3) is 0.106. The normalized spacial score (nSPS) is 16.9. The van der Waals surface area contributed by atoms with Gasteiger partial charge in [-0.05, 0) is 84.8 Å². The first-order valence-corrected chi connectivity index (χ1v) is 18.2. The van der Waals surface area contributed by atoms with E-state index in [1.807, 2.05) is 0 Å². The van der Waals surface area contributed by atoms with Crippen LogP contribution in [-0.2, 0) is 0 Å². The lowest BCUT2D eigenvalue weighted by Gasteiger charge is -2.30. The van der Waals surface area contributed by atoms with Crippen LogP contribution in [0.1, 0.15) is 19.8 Å². The molecule has 9 aromatic rings. The van der Waals surface area contributed by atoms with E-state index >= 15 is 0 Å². The van der Waals surface area contributed by atoms with Crippen LogP contribution in [-0.4, -0.2) is 25.1 Å². The van der Waals surface area contributed by atoms with Gasteiger partial charge in [0.25, 0.3) is 0 Å². The van der Waals surface area contributed by atoms with E-state index < -0.39 is 0 Å². The Kier molecular flexibility index (Phi) is 6.35. The first-order chi connectivity index (χ1) is 25.7. The van der Waals surface area contributed by atoms with E-state index in [0.29, 0.717) is 11.9 Å². The Labute approximate surface area is 301 Å². The maximum absolute atomic E-state index is 5.43. The van der Waals surface area contributed by atoms with Crippen LogP contribution in [0.4, 0.5) is 5.69 Å². The smallest absolute Gasteiger partial charge is 0.163 e. The largest absolute Gasteiger partial charge is 0.345 e. The SMILES string of the molecule is CC1CC2CC2=CN1c1cccc(-c2nc(-n3c4ccccc4c4ccccc43)cc(-n3c4ccccc4c4cc(-c5ccccc5)ccc43)n2)c1. The molecular formula is C47H35N5. The van der Waals surface area contributed by atoms with Gasteiger partial charge in [0.15, 0.2) is 5.82 Å². The third-order valence-corrected chi connectivity index (χ3v) is 11.2. The molecule has 2 aliphatic rings. The van der Waals surface area contributed by atoms with Crippen molar-refractivity contribution in [3.05, 3.63) is 163 Å². The molecule has 0 spiro atoms. The van der Waals surface area contributed by atoms with Crippen LogP contribution in [0.5, 0.6) is 0 Å². The van der Waals surface area contributed by atoms with Crippen LogP contribution in [0.15, 0.2) is 163 Å². The highest BCUT2D eigenvalue weighted by atomic mass is 15.2. The average molecular weight is 670 g/mol. The lowest BCUT2D eigenvalue weighted by molar-refractivity contribution is 0.589. The molecule has 2 unspecified atom stereocenters. The number of hydrogen-bond acceptors (Lipinski definition) is 3. The summed E-state index contributed by atoms with van der Waals surface area (Å²) in [4.78, 5) is 13.3. The van der Waals surface area contributed by atoms with Crippen molar-refractivity contribution in [3.8, 4) is 34.2 Å². The number of allylic oxidation sites excluding steroid dienone is 1. The van der Waals surface area contributed by atoms with E-state index in [0.717, 1.165) is 45.2 Å². The molecule has 3 aromatic heterocycles. The fourth-order valence-corrected chi connectivity index (χ4v) is 8.56. The fourth-order valence-electron chi connectivity index (χ4n) is 8.56. The zero-order valence-corrected chi connectivity index (χ0v) is 28.8. The first kappa shape index (κ1) is 29.3. The molecule has 52 heavy (non-hydrogen) atoms. The number of nitrogens with zero attached hydrogens (tertiary/aromatic N) is 5. The van der Waals surface area contributed by atoms with Crippen molar-refractivity contribution in [1.82, 2.24) is 19.1 Å². The Hall–Kier alpha value is -6.46. The summed E-state index contributed by atoms with van der Waals surface area (Å²) < 4.78 is 4.62. The van der Waals surface area contributed by atoms with Crippen molar-refractivity contribution in [2.45, 2.75) is 25.8 Å². The Morgan fingerprint density at radius 1 is 0.500 bits per heavy atom. The minimum absolute atomic E-state index is 0.449. The minimum Gasteiger partial charge on any atom is -0.345 e. The molecule has 248 valence electrons. The van der Waals surface area contributed by atoms with Gasteiger partial charge in [-0.3, -0.25) is 9.13 Å². The van der Waals surface area contributed by atoms with Crippen LogP contribution < -0.4 is 4.90 Å². The number of para-hydroxylation sites is 3. The molecule has 0 radical (unpaired) electrons. The molecule has 0 amide bonds. The molecule has 6 aromatic carbocycles. The van der Waals surface area contributed by atoms with Crippen molar-refractivity contribution in [2.75, 3.05) is 4.90 Å². The van der Waals surface area contributed by atoms with Crippen LogP contribution in [0.25, 0.3) is 77.8 Å². The summed E-state index contributed by atoms with van der Waals surface area (Å²) >= 11 is 0. The van der Waals surface area contributed by atoms with E-state index in [-0.39, 0.29) is 0 Å². The molecule has 1 aliphatic heterocycles. The molecule has 1 aliphatic carbocycles. The molecular weight excluding hydrogens is 635 g/mol. The summed E-state index contributed by atoms with van der Waals surface area (Å²) in [6.45, 7) is 2.33. The molecule has 4 heterocycles. The summed E-state index contributed by atoms with van der Waals surface area (Å²) in [5.74, 6) is 3.15. The number of fused-ring (bicyclic) bond motifs is 7. The summed E-state index contributed by atoms with van der Waals surface area (Å²) in [7, 11) is 0. The van der Waals surface area contributed by atoms with E-state index in [1.165, 1.54) is 51.2 Å². The molecule has 5 heteroatoms. The predicted octanol–water partition coefficient (Wildman–Crippen LogP) is 11.5. The molecule has 0 bridgehead atoms. The average Bonchev–Trinajstić information content (AvgIpc) is 3.77. The standard InChI is InChI=1S/C47H35N5/c1-30-24-34-25-35(34)29-50(30)36-15-11-14-33(26-36)47-48-45(51-41-19-8-5-16-37(41)38-17-6-9-20-42(38)51)28-46(49-47)52-43-21-10-7-18-39(43)40-27-32(22-23-44(40)52)31-12-3-2-4-13-31/h2-23,26-30,34H,24-25H2,1H3. The monoisotopic (exact) mass is 669 g/mol. The van der Waals surface area contributed by atoms with Crippen molar-refractivity contribution in [2.24, 2.45) is 5.92 Å². The van der Waals surface area contributed by atoms with Crippen LogP contribution in [0.3, 0.4) is 0 Å². The topological polar surface area (TPSA) is 38.9 Å². The molecule has 0 N–H and O–H groups in total. The molecule has 5 nitrogen and oxygen atoms in total. The number of aromatic nitrogens is 4. The van der Waals surface area contributed by atoms with E-state index in [1.54, 1.807) is 5.57 Å². The molecule has 2 atom stereocenters. The number of anilines is 1. The van der Waals surface area contributed by atoms with Gasteiger partial charge in [-0.25, -0.2) is 9.97 Å². The predicted molar refractivity (Wildman–Crippen MR) is 214 cm³/mol. The quantitative estimate of drug-likeness (QED) is 0.183. The van der Waals surface area contributed by atoms with E-state index in [9.17, 15) is 0 Å². The molecule has 1 saturated carbocycles. The van der Waals surface area contributed by atoms with Gasteiger partial charge in [-0.2, -0.15) is 0 Å². The summed E-state index contributed by atoms with van der Waals surface area (Å²) in [6, 6.07) is 54.7. The van der Waals surface area contributed by atoms with Crippen molar-refractivity contribution in [3.63, 3.8) is 0 Å². The van der Waals surface area contributed by atoms with Crippen molar-refractivity contribution < 1.29 is 0 Å². The summed E-state index contributed by atoms with van der Waals surface area (Å²) in [5, 5.41) is 4.81. The second kappa shape index (κ2) is 11.3. The first-order valence-electron chi connectivity index (χ1n) is 18.2. The number of benzene rings is 6. The van der Waals surface area contributed by atoms with E-state index in [2.05, 4.69) is 179 Å². The Morgan fingerprint density at radius 2 is 1.08 bits per heavy atom. The van der Waals surface area contributed by atoms with Gasteiger partial charge < -0.3 is 4.90 Å². The van der Waals surface area contributed by atoms with Gasteiger partial charge >= 0.3 is 0 Å². The van der Waals surface area contributed by atoms with E-state index in [4.69, 9.17) is 9.97 Å². The molecule has 0 saturated heterocycles. The number of rotatable bonds is 5. The van der Waals surface area contributed by atoms with Gasteiger partial charge in [0.1, 0.15) is 11.6 Å². The molecule has 1 fully saturated rings. The Morgan fingerprint density at radius 3 is 1.75 bits per heavy atom. The highest BCUT2D eigenvalue weighted by molar-refractivity contribution is 6.11. The lowest BCUT2D eigenvalue weighted by atomic mass is 10.0. The van der Waals surface area contributed by atoms with Gasteiger partial charge in [0, 0.05) is 51.1 Å². The van der Waals surface area contributed by atoms with Gasteiger partial charge in [-0.1, -0.05) is 103 Å². The van der Waals surface area contributed by atoms with Gasteiger partial charge in [0.2, 0.25) is 0 Å².